The van der Waals surface area contributed by atoms with E-state index in [1.165, 1.54) is 0 Å². The lowest BCUT2D eigenvalue weighted by atomic mass is 10.1. The van der Waals surface area contributed by atoms with Crippen molar-refractivity contribution in [3.63, 3.8) is 0 Å². The number of H-pyrrole nitrogens is 1. The molecule has 1 atom stereocenters. The number of aromatic nitrogens is 1. The summed E-state index contributed by atoms with van der Waals surface area (Å²) in [5.41, 5.74) is 11.4. The van der Waals surface area contributed by atoms with Crippen molar-refractivity contribution >= 4 is 57.6 Å². The van der Waals surface area contributed by atoms with Crippen molar-refractivity contribution < 1.29 is 28.9 Å². The highest BCUT2D eigenvalue weighted by Gasteiger charge is 2.34. The van der Waals surface area contributed by atoms with Crippen LogP contribution in [0, 0.1) is 0 Å². The van der Waals surface area contributed by atoms with E-state index in [1.807, 2.05) is 30.3 Å². The minimum Gasteiger partial charge on any atom is -0.489 e. The number of hydrogen-bond acceptors (Lipinski definition) is 6. The Hall–Kier alpha value is -3.63. The molecular formula is C27H24Cl3N3O6. The van der Waals surface area contributed by atoms with Crippen LogP contribution in [0.25, 0.3) is 10.9 Å². The lowest BCUT2D eigenvalue weighted by molar-refractivity contribution is -0.147. The fourth-order valence-corrected chi connectivity index (χ4v) is 4.31. The van der Waals surface area contributed by atoms with Gasteiger partial charge in [0.2, 0.25) is 12.7 Å². The number of ether oxygens (including phenoxy) is 3. The van der Waals surface area contributed by atoms with Crippen LogP contribution in [0.5, 0.6) is 17.2 Å². The zero-order valence-corrected chi connectivity index (χ0v) is 22.9. The molecule has 1 aromatic heterocycles. The molecule has 2 heterocycles. The molecule has 0 unspecified atom stereocenters. The standard InChI is InChI=1S/C23H16Cl3NO3.C4H8N2O3/c24-18-2-1-3-19(25)17(18)11-28-16-4-5-21-14(8-16)7-15(27-21)6-13-9-22-23(10-20(13)26)30-12-29-22;1-4(6,2(5)7)3(8)9/h1-5,7-10,27H,6,11-12H2;6H2,1H3,(H2,5,7)(H,8,9)/t;4-/m.0/s1. The van der Waals surface area contributed by atoms with E-state index in [0.29, 0.717) is 33.8 Å². The minimum atomic E-state index is -1.94. The summed E-state index contributed by atoms with van der Waals surface area (Å²) in [6.45, 7) is 1.56. The molecule has 1 amide bonds. The first kappa shape index (κ1) is 28.4. The average molecular weight is 593 g/mol. The van der Waals surface area contributed by atoms with Crippen LogP contribution in [-0.4, -0.2) is 34.3 Å². The van der Waals surface area contributed by atoms with Gasteiger partial charge in [-0.2, -0.15) is 0 Å². The number of aliphatic carboxylic acids is 1. The third-order valence-corrected chi connectivity index (χ3v) is 7.03. The van der Waals surface area contributed by atoms with Crippen molar-refractivity contribution in [2.45, 2.75) is 25.5 Å². The number of rotatable bonds is 7. The number of carbonyl (C=O) groups excluding carboxylic acids is 1. The van der Waals surface area contributed by atoms with Gasteiger partial charge in [-0.15, -0.1) is 0 Å². The Bertz CT molecular complexity index is 1520. The molecule has 0 saturated heterocycles. The number of carbonyl (C=O) groups is 2. The van der Waals surface area contributed by atoms with Gasteiger partial charge in [-0.05, 0) is 55.0 Å². The molecule has 1 aliphatic heterocycles. The number of primary amides is 1. The molecule has 0 aliphatic carbocycles. The lowest BCUT2D eigenvalue weighted by Crippen LogP contribution is -2.55. The number of aromatic amines is 1. The van der Waals surface area contributed by atoms with Crippen molar-refractivity contribution in [1.82, 2.24) is 4.98 Å². The summed E-state index contributed by atoms with van der Waals surface area (Å²) in [4.78, 5) is 23.6. The summed E-state index contributed by atoms with van der Waals surface area (Å²) < 4.78 is 16.8. The molecule has 4 aromatic rings. The van der Waals surface area contributed by atoms with E-state index >= 15 is 0 Å². The van der Waals surface area contributed by atoms with E-state index in [0.717, 1.165) is 46.1 Å². The van der Waals surface area contributed by atoms with Gasteiger partial charge in [0.1, 0.15) is 12.4 Å². The molecule has 0 bridgehead atoms. The van der Waals surface area contributed by atoms with E-state index in [2.05, 4.69) is 16.8 Å². The number of fused-ring (bicyclic) bond motifs is 2. The summed E-state index contributed by atoms with van der Waals surface area (Å²) in [7, 11) is 0. The number of nitrogens with one attached hydrogen (secondary N) is 1. The smallest absolute Gasteiger partial charge is 0.333 e. The van der Waals surface area contributed by atoms with E-state index in [-0.39, 0.29) is 6.79 Å². The number of carboxylic acid groups (broad SMARTS) is 1. The molecule has 0 spiro atoms. The Labute approximate surface area is 238 Å². The van der Waals surface area contributed by atoms with E-state index < -0.39 is 17.4 Å². The SMILES string of the molecule is C[C@](N)(C(N)=O)C(=O)O.Clc1cc2c(cc1Cc1cc3cc(OCc4c(Cl)cccc4Cl)ccc3[nH]1)OCO2. The van der Waals surface area contributed by atoms with Crippen LogP contribution < -0.4 is 25.7 Å². The highest BCUT2D eigenvalue weighted by Crippen LogP contribution is 2.37. The maximum Gasteiger partial charge on any atom is 0.333 e. The Balaban J connectivity index is 0.000000340. The quantitative estimate of drug-likeness (QED) is 0.213. The first-order valence-electron chi connectivity index (χ1n) is 11.5. The highest BCUT2D eigenvalue weighted by molar-refractivity contribution is 6.36. The Morgan fingerprint density at radius 2 is 1.69 bits per heavy atom. The zero-order chi connectivity index (χ0) is 28.3. The lowest BCUT2D eigenvalue weighted by Gasteiger charge is -2.12. The van der Waals surface area contributed by atoms with Gasteiger partial charge in [-0.3, -0.25) is 4.79 Å². The van der Waals surface area contributed by atoms with Crippen molar-refractivity contribution in [3.8, 4) is 17.2 Å². The second kappa shape index (κ2) is 11.6. The number of hydrogen-bond donors (Lipinski definition) is 4. The van der Waals surface area contributed by atoms with Gasteiger partial charge >= 0.3 is 5.97 Å². The topological polar surface area (TPSA) is 150 Å². The predicted molar refractivity (Wildman–Crippen MR) is 149 cm³/mol. The number of halogens is 3. The fourth-order valence-electron chi connectivity index (χ4n) is 3.59. The van der Waals surface area contributed by atoms with Gasteiger partial charge in [-0.1, -0.05) is 40.9 Å². The molecule has 39 heavy (non-hydrogen) atoms. The van der Waals surface area contributed by atoms with E-state index in [9.17, 15) is 9.59 Å². The number of benzene rings is 3. The van der Waals surface area contributed by atoms with Crippen molar-refractivity contribution in [2.24, 2.45) is 11.5 Å². The molecule has 9 nitrogen and oxygen atoms in total. The van der Waals surface area contributed by atoms with Gasteiger partial charge < -0.3 is 35.8 Å². The van der Waals surface area contributed by atoms with Crippen LogP contribution in [0.1, 0.15) is 23.7 Å². The van der Waals surface area contributed by atoms with Crippen LogP contribution in [0.3, 0.4) is 0 Å². The normalized spacial score (nSPS) is 13.4. The third-order valence-electron chi connectivity index (χ3n) is 5.97. The van der Waals surface area contributed by atoms with Crippen molar-refractivity contribution in [3.05, 3.63) is 86.5 Å². The van der Waals surface area contributed by atoms with E-state index in [4.69, 9.17) is 59.9 Å². The minimum absolute atomic E-state index is 0.226. The first-order valence-corrected chi connectivity index (χ1v) is 12.7. The van der Waals surface area contributed by atoms with Crippen LogP contribution in [-0.2, 0) is 22.6 Å². The summed E-state index contributed by atoms with van der Waals surface area (Å²) in [6.07, 6.45) is 0.648. The maximum absolute atomic E-state index is 10.2. The maximum atomic E-state index is 10.2. The molecule has 204 valence electrons. The summed E-state index contributed by atoms with van der Waals surface area (Å²) in [5.74, 6) is -0.324. The monoisotopic (exact) mass is 591 g/mol. The number of nitrogens with two attached hydrogens (primary N) is 2. The molecular weight excluding hydrogens is 569 g/mol. The molecule has 0 radical (unpaired) electrons. The second-order valence-electron chi connectivity index (χ2n) is 8.88. The van der Waals surface area contributed by atoms with Crippen molar-refractivity contribution in [2.75, 3.05) is 6.79 Å². The molecule has 0 saturated carbocycles. The van der Waals surface area contributed by atoms with Crippen LogP contribution >= 0.6 is 34.8 Å². The third kappa shape index (κ3) is 6.51. The van der Waals surface area contributed by atoms with Crippen molar-refractivity contribution in [1.29, 1.82) is 0 Å². The number of carboxylic acids is 1. The van der Waals surface area contributed by atoms with Gasteiger partial charge in [0, 0.05) is 49.7 Å². The van der Waals surface area contributed by atoms with Crippen LogP contribution in [0.4, 0.5) is 0 Å². The van der Waals surface area contributed by atoms with Gasteiger partial charge in [-0.25, -0.2) is 4.79 Å². The Morgan fingerprint density at radius 1 is 1.03 bits per heavy atom. The largest absolute Gasteiger partial charge is 0.489 e. The second-order valence-corrected chi connectivity index (χ2v) is 10.1. The molecule has 3 aromatic carbocycles. The predicted octanol–water partition coefficient (Wildman–Crippen LogP) is 5.30. The molecule has 12 heteroatoms. The van der Waals surface area contributed by atoms with Gasteiger partial charge in [0.15, 0.2) is 17.0 Å². The molecule has 5 rings (SSSR count). The van der Waals surface area contributed by atoms with Crippen LogP contribution in [0.15, 0.2) is 54.6 Å². The Morgan fingerprint density at radius 3 is 2.31 bits per heavy atom. The Kier molecular flexibility index (Phi) is 8.46. The summed E-state index contributed by atoms with van der Waals surface area (Å²) in [5, 5.41) is 11.1. The van der Waals surface area contributed by atoms with Gasteiger partial charge in [0.25, 0.3) is 0 Å². The van der Waals surface area contributed by atoms with E-state index in [1.54, 1.807) is 18.2 Å². The first-order chi connectivity index (χ1) is 18.5. The van der Waals surface area contributed by atoms with Gasteiger partial charge in [0.05, 0.1) is 0 Å². The zero-order valence-electron chi connectivity index (χ0n) is 20.6. The van der Waals surface area contributed by atoms with Crippen LogP contribution in [0.2, 0.25) is 15.1 Å². The highest BCUT2D eigenvalue weighted by atomic mass is 35.5. The summed E-state index contributed by atoms with van der Waals surface area (Å²) >= 11 is 18.9. The molecule has 6 N–H and O–H groups in total. The summed E-state index contributed by atoms with van der Waals surface area (Å²) in [6, 6.07) is 17.1. The molecule has 1 aliphatic rings. The number of amides is 1. The average Bonchev–Trinajstić information content (AvgIpc) is 3.49. The molecule has 0 fully saturated rings. The fraction of sp³-hybridized carbons (Fsp3) is 0.185.